The summed E-state index contributed by atoms with van der Waals surface area (Å²) in [7, 11) is 2.04. The average Bonchev–Trinajstić information content (AvgIpc) is 2.46. The van der Waals surface area contributed by atoms with E-state index in [0.29, 0.717) is 6.04 Å². The molecule has 0 heterocycles. The van der Waals surface area contributed by atoms with Gasteiger partial charge in [-0.3, -0.25) is 0 Å². The number of hydrogen-bond acceptors (Lipinski definition) is 2. The van der Waals surface area contributed by atoms with E-state index in [-0.39, 0.29) is 0 Å². The maximum absolute atomic E-state index is 3.44. The number of benzene rings is 2. The molecule has 0 bridgehead atoms. The summed E-state index contributed by atoms with van der Waals surface area (Å²) in [6.07, 6.45) is 3.16. The molecule has 1 atom stereocenters. The maximum atomic E-state index is 3.44. The summed E-state index contributed by atoms with van der Waals surface area (Å²) in [5.41, 5.74) is 4.08. The molecule has 1 unspecified atom stereocenters. The predicted octanol–water partition coefficient (Wildman–Crippen LogP) is 4.22. The van der Waals surface area contributed by atoms with Gasteiger partial charge >= 0.3 is 0 Å². The summed E-state index contributed by atoms with van der Waals surface area (Å²) in [4.78, 5) is 1.36. The molecular formula is C17H21NS. The lowest BCUT2D eigenvalue weighted by Gasteiger charge is -2.19. The lowest BCUT2D eigenvalue weighted by atomic mass is 9.98. The van der Waals surface area contributed by atoms with Crippen molar-refractivity contribution in [2.75, 3.05) is 13.3 Å². The molecule has 0 radical (unpaired) electrons. The number of thioether (sulfide) groups is 1. The third-order valence-corrected chi connectivity index (χ3v) is 4.23. The van der Waals surface area contributed by atoms with Crippen LogP contribution in [0.2, 0.25) is 0 Å². The van der Waals surface area contributed by atoms with Crippen LogP contribution in [-0.4, -0.2) is 13.3 Å². The molecule has 0 aliphatic rings. The van der Waals surface area contributed by atoms with Gasteiger partial charge in [0.1, 0.15) is 0 Å². The number of aryl methyl sites for hydroxylation is 1. The second-order valence-electron chi connectivity index (χ2n) is 4.77. The molecular weight excluding hydrogens is 250 g/mol. The van der Waals surface area contributed by atoms with Crippen LogP contribution in [0.5, 0.6) is 0 Å². The first kappa shape index (κ1) is 14.2. The normalized spacial score (nSPS) is 12.4. The van der Waals surface area contributed by atoms with E-state index in [9.17, 15) is 0 Å². The highest BCUT2D eigenvalue weighted by Crippen LogP contribution is 2.27. The Morgan fingerprint density at radius 3 is 2.37 bits per heavy atom. The number of nitrogens with one attached hydrogen (secondary N) is 1. The Labute approximate surface area is 120 Å². The van der Waals surface area contributed by atoms with Gasteiger partial charge in [-0.15, -0.1) is 11.8 Å². The predicted molar refractivity (Wildman–Crippen MR) is 84.9 cm³/mol. The molecule has 100 valence electrons. The van der Waals surface area contributed by atoms with Crippen LogP contribution in [0.25, 0.3) is 0 Å². The van der Waals surface area contributed by atoms with E-state index in [1.807, 2.05) is 18.8 Å². The number of likely N-dealkylation sites (N-methyl/N-ethyl adjacent to an activating group) is 1. The summed E-state index contributed by atoms with van der Waals surface area (Å²) < 4.78 is 0. The molecule has 2 rings (SSSR count). The second-order valence-corrected chi connectivity index (χ2v) is 5.62. The Kier molecular flexibility index (Phi) is 5.06. The van der Waals surface area contributed by atoms with Gasteiger partial charge < -0.3 is 5.32 Å². The largest absolute Gasteiger partial charge is 0.313 e. The Morgan fingerprint density at radius 1 is 1.05 bits per heavy atom. The minimum atomic E-state index is 0.367. The van der Waals surface area contributed by atoms with E-state index in [1.165, 1.54) is 21.6 Å². The highest BCUT2D eigenvalue weighted by atomic mass is 32.2. The van der Waals surface area contributed by atoms with Crippen molar-refractivity contribution in [2.24, 2.45) is 0 Å². The van der Waals surface area contributed by atoms with Crippen molar-refractivity contribution < 1.29 is 0 Å². The first-order valence-electron chi connectivity index (χ1n) is 6.60. The maximum Gasteiger partial charge on any atom is 0.0369 e. The van der Waals surface area contributed by atoms with Crippen LogP contribution in [0.3, 0.4) is 0 Å². The van der Waals surface area contributed by atoms with E-state index in [2.05, 4.69) is 67.0 Å². The van der Waals surface area contributed by atoms with Crippen LogP contribution >= 0.6 is 11.8 Å². The molecule has 0 aliphatic carbocycles. The van der Waals surface area contributed by atoms with Crippen molar-refractivity contribution in [3.8, 4) is 0 Å². The fraction of sp³-hybridized carbons (Fsp3) is 0.294. The minimum absolute atomic E-state index is 0.367. The van der Waals surface area contributed by atoms with Gasteiger partial charge in [0, 0.05) is 10.9 Å². The average molecular weight is 271 g/mol. The highest BCUT2D eigenvalue weighted by molar-refractivity contribution is 7.98. The van der Waals surface area contributed by atoms with Crippen LogP contribution in [0.4, 0.5) is 0 Å². The van der Waals surface area contributed by atoms with Gasteiger partial charge in [0.25, 0.3) is 0 Å². The molecule has 0 aliphatic heterocycles. The van der Waals surface area contributed by atoms with Crippen molar-refractivity contribution in [1.82, 2.24) is 5.32 Å². The Morgan fingerprint density at radius 2 is 1.74 bits per heavy atom. The van der Waals surface area contributed by atoms with Gasteiger partial charge in [-0.25, -0.2) is 0 Å². The summed E-state index contributed by atoms with van der Waals surface area (Å²) in [6, 6.07) is 17.8. The summed E-state index contributed by atoms with van der Waals surface area (Å²) in [6.45, 7) is 2.13. The van der Waals surface area contributed by atoms with Crippen LogP contribution < -0.4 is 5.32 Å². The molecule has 1 nitrogen and oxygen atoms in total. The van der Waals surface area contributed by atoms with Crippen LogP contribution in [0, 0.1) is 6.92 Å². The lowest BCUT2D eigenvalue weighted by molar-refractivity contribution is 0.583. The molecule has 0 aromatic heterocycles. The van der Waals surface area contributed by atoms with E-state index in [1.54, 1.807) is 0 Å². The van der Waals surface area contributed by atoms with Crippen molar-refractivity contribution in [1.29, 1.82) is 0 Å². The van der Waals surface area contributed by atoms with E-state index in [0.717, 1.165) is 6.42 Å². The first-order chi connectivity index (χ1) is 9.24. The van der Waals surface area contributed by atoms with Crippen LogP contribution in [0.1, 0.15) is 22.7 Å². The molecule has 0 spiro atoms. The molecule has 1 N–H and O–H groups in total. The standard InChI is InChI=1S/C17H21NS/c1-13-8-10-14(11-9-13)12-16(18-2)15-6-4-5-7-17(15)19-3/h4-11,16,18H,12H2,1-3H3. The topological polar surface area (TPSA) is 12.0 Å². The zero-order chi connectivity index (χ0) is 13.7. The second kappa shape index (κ2) is 6.78. The molecule has 2 heteroatoms. The molecule has 0 amide bonds. The highest BCUT2D eigenvalue weighted by Gasteiger charge is 2.13. The van der Waals surface area contributed by atoms with Gasteiger partial charge in [0.2, 0.25) is 0 Å². The third kappa shape index (κ3) is 3.62. The van der Waals surface area contributed by atoms with E-state index < -0.39 is 0 Å². The molecule has 2 aromatic rings. The van der Waals surface area contributed by atoms with Crippen molar-refractivity contribution in [3.63, 3.8) is 0 Å². The number of rotatable bonds is 5. The molecule has 2 aromatic carbocycles. The molecule has 0 fully saturated rings. The van der Waals surface area contributed by atoms with Gasteiger partial charge in [0.05, 0.1) is 0 Å². The van der Waals surface area contributed by atoms with Crippen LogP contribution in [-0.2, 0) is 6.42 Å². The Balaban J connectivity index is 2.22. The van der Waals surface area contributed by atoms with Crippen molar-refractivity contribution >= 4 is 11.8 Å². The fourth-order valence-electron chi connectivity index (χ4n) is 2.28. The summed E-state index contributed by atoms with van der Waals surface area (Å²) in [5.74, 6) is 0. The smallest absolute Gasteiger partial charge is 0.0369 e. The summed E-state index contributed by atoms with van der Waals surface area (Å²) in [5, 5.41) is 3.44. The summed E-state index contributed by atoms with van der Waals surface area (Å²) >= 11 is 1.81. The first-order valence-corrected chi connectivity index (χ1v) is 7.82. The molecule has 19 heavy (non-hydrogen) atoms. The van der Waals surface area contributed by atoms with Crippen molar-refractivity contribution in [2.45, 2.75) is 24.3 Å². The quantitative estimate of drug-likeness (QED) is 0.817. The van der Waals surface area contributed by atoms with Gasteiger partial charge in [-0.1, -0.05) is 48.0 Å². The lowest BCUT2D eigenvalue weighted by Crippen LogP contribution is -2.19. The van der Waals surface area contributed by atoms with E-state index in [4.69, 9.17) is 0 Å². The fourth-order valence-corrected chi connectivity index (χ4v) is 2.94. The van der Waals surface area contributed by atoms with Crippen LogP contribution in [0.15, 0.2) is 53.4 Å². The zero-order valence-corrected chi connectivity index (χ0v) is 12.6. The van der Waals surface area contributed by atoms with Crippen molar-refractivity contribution in [3.05, 3.63) is 65.2 Å². The third-order valence-electron chi connectivity index (χ3n) is 3.42. The zero-order valence-electron chi connectivity index (χ0n) is 11.8. The number of hydrogen-bond donors (Lipinski definition) is 1. The van der Waals surface area contributed by atoms with Gasteiger partial charge in [-0.05, 0) is 43.8 Å². The Hall–Kier alpha value is -1.25. The monoisotopic (exact) mass is 271 g/mol. The van der Waals surface area contributed by atoms with Gasteiger partial charge in [-0.2, -0.15) is 0 Å². The SMILES string of the molecule is CNC(Cc1ccc(C)cc1)c1ccccc1SC. The Bertz CT molecular complexity index is 519. The van der Waals surface area contributed by atoms with E-state index >= 15 is 0 Å². The van der Waals surface area contributed by atoms with Gasteiger partial charge in [0.15, 0.2) is 0 Å². The molecule has 0 saturated carbocycles. The molecule has 0 saturated heterocycles. The minimum Gasteiger partial charge on any atom is -0.313 e.